The molecular weight excluding hydrogens is 218 g/mol. The zero-order valence-corrected chi connectivity index (χ0v) is 10.1. The number of rotatable bonds is 5. The smallest absolute Gasteiger partial charge is 0.279 e. The van der Waals surface area contributed by atoms with E-state index in [2.05, 4.69) is 4.72 Å². The molecule has 6 nitrogen and oxygen atoms in total. The van der Waals surface area contributed by atoms with Crippen molar-refractivity contribution >= 4 is 10.2 Å². The molecule has 1 N–H and O–H groups in total. The largest absolute Gasteiger partial charge is 0.379 e. The highest BCUT2D eigenvalue weighted by atomic mass is 32.2. The SMILES string of the molecule is CN(C)CCNS(=O)(=O)N1CCOCC1. The fourth-order valence-corrected chi connectivity index (χ4v) is 2.44. The molecule has 1 heterocycles. The molecule has 1 saturated heterocycles. The first-order chi connectivity index (χ1) is 7.02. The van der Waals surface area contributed by atoms with Crippen LogP contribution in [0.25, 0.3) is 0 Å². The van der Waals surface area contributed by atoms with E-state index in [4.69, 9.17) is 4.74 Å². The van der Waals surface area contributed by atoms with Crippen LogP contribution in [0.1, 0.15) is 0 Å². The second-order valence-electron chi connectivity index (χ2n) is 3.71. The van der Waals surface area contributed by atoms with Crippen molar-refractivity contribution in [2.45, 2.75) is 0 Å². The zero-order valence-electron chi connectivity index (χ0n) is 9.27. The number of hydrogen-bond acceptors (Lipinski definition) is 4. The van der Waals surface area contributed by atoms with Crippen LogP contribution >= 0.6 is 0 Å². The van der Waals surface area contributed by atoms with Gasteiger partial charge < -0.3 is 9.64 Å². The van der Waals surface area contributed by atoms with E-state index in [-0.39, 0.29) is 0 Å². The van der Waals surface area contributed by atoms with E-state index in [0.717, 1.165) is 0 Å². The predicted molar refractivity (Wildman–Crippen MR) is 57.9 cm³/mol. The maximum Gasteiger partial charge on any atom is 0.279 e. The van der Waals surface area contributed by atoms with Crippen molar-refractivity contribution in [3.63, 3.8) is 0 Å². The Bertz CT molecular complexity index is 273. The van der Waals surface area contributed by atoms with Crippen LogP contribution in [0.5, 0.6) is 0 Å². The fourth-order valence-electron chi connectivity index (χ4n) is 1.28. The van der Waals surface area contributed by atoms with Crippen LogP contribution in [0.2, 0.25) is 0 Å². The molecule has 0 saturated carbocycles. The first-order valence-corrected chi connectivity index (χ1v) is 6.43. The van der Waals surface area contributed by atoms with Crippen LogP contribution < -0.4 is 4.72 Å². The second-order valence-corrected chi connectivity index (χ2v) is 5.47. The van der Waals surface area contributed by atoms with Crippen molar-refractivity contribution in [3.8, 4) is 0 Å². The van der Waals surface area contributed by atoms with Gasteiger partial charge in [0.25, 0.3) is 10.2 Å². The van der Waals surface area contributed by atoms with E-state index in [1.807, 2.05) is 19.0 Å². The van der Waals surface area contributed by atoms with E-state index in [1.165, 1.54) is 4.31 Å². The number of nitrogens with one attached hydrogen (secondary N) is 1. The van der Waals surface area contributed by atoms with Gasteiger partial charge in [0, 0.05) is 26.2 Å². The Labute approximate surface area is 91.4 Å². The van der Waals surface area contributed by atoms with Gasteiger partial charge in [-0.2, -0.15) is 12.7 Å². The number of hydrogen-bond donors (Lipinski definition) is 1. The van der Waals surface area contributed by atoms with Gasteiger partial charge in [0.05, 0.1) is 13.2 Å². The van der Waals surface area contributed by atoms with Gasteiger partial charge in [-0.05, 0) is 14.1 Å². The highest BCUT2D eigenvalue weighted by Crippen LogP contribution is 2.02. The van der Waals surface area contributed by atoms with Crippen LogP contribution in [0.4, 0.5) is 0 Å². The Hall–Kier alpha value is -0.210. The van der Waals surface area contributed by atoms with Crippen molar-refractivity contribution < 1.29 is 13.2 Å². The minimum absolute atomic E-state index is 0.437. The van der Waals surface area contributed by atoms with Crippen LogP contribution in [-0.4, -0.2) is 71.1 Å². The topological polar surface area (TPSA) is 61.9 Å². The lowest BCUT2D eigenvalue weighted by molar-refractivity contribution is 0.0725. The Morgan fingerprint density at radius 1 is 1.33 bits per heavy atom. The van der Waals surface area contributed by atoms with E-state index in [9.17, 15) is 8.42 Å². The Kier molecular flexibility index (Phi) is 4.94. The first kappa shape index (κ1) is 12.9. The molecule has 90 valence electrons. The monoisotopic (exact) mass is 237 g/mol. The average Bonchev–Trinajstić information content (AvgIpc) is 2.18. The molecule has 15 heavy (non-hydrogen) atoms. The Balaban J connectivity index is 2.36. The lowest BCUT2D eigenvalue weighted by Crippen LogP contribution is -2.47. The summed E-state index contributed by atoms with van der Waals surface area (Å²) >= 11 is 0. The molecule has 1 aliphatic heterocycles. The quantitative estimate of drug-likeness (QED) is 0.646. The van der Waals surface area contributed by atoms with E-state index in [0.29, 0.717) is 39.4 Å². The second kappa shape index (κ2) is 5.76. The number of morpholine rings is 1. The molecule has 1 aliphatic rings. The summed E-state index contributed by atoms with van der Waals surface area (Å²) in [6.07, 6.45) is 0. The lowest BCUT2D eigenvalue weighted by Gasteiger charge is -2.26. The summed E-state index contributed by atoms with van der Waals surface area (Å²) in [4.78, 5) is 1.93. The van der Waals surface area contributed by atoms with Crippen molar-refractivity contribution in [2.24, 2.45) is 0 Å². The van der Waals surface area contributed by atoms with Crippen LogP contribution in [0.15, 0.2) is 0 Å². The molecule has 0 atom stereocenters. The summed E-state index contributed by atoms with van der Waals surface area (Å²) < 4.78 is 32.5. The summed E-state index contributed by atoms with van der Waals surface area (Å²) in [5.74, 6) is 0. The summed E-state index contributed by atoms with van der Waals surface area (Å²) in [6.45, 7) is 2.98. The third kappa shape index (κ3) is 4.43. The van der Waals surface area contributed by atoms with Crippen LogP contribution in [-0.2, 0) is 14.9 Å². The first-order valence-electron chi connectivity index (χ1n) is 4.99. The Morgan fingerprint density at radius 2 is 1.93 bits per heavy atom. The van der Waals surface area contributed by atoms with Crippen LogP contribution in [0, 0.1) is 0 Å². The van der Waals surface area contributed by atoms with Gasteiger partial charge in [-0.3, -0.25) is 0 Å². The molecule has 0 bridgehead atoms. The summed E-state index contributed by atoms with van der Waals surface area (Å²) in [5.41, 5.74) is 0. The lowest BCUT2D eigenvalue weighted by atomic mass is 10.5. The van der Waals surface area contributed by atoms with E-state index < -0.39 is 10.2 Å². The molecule has 1 fully saturated rings. The molecule has 0 aliphatic carbocycles. The third-order valence-electron chi connectivity index (χ3n) is 2.15. The molecule has 0 aromatic heterocycles. The van der Waals surface area contributed by atoms with Gasteiger partial charge in [0.1, 0.15) is 0 Å². The minimum Gasteiger partial charge on any atom is -0.379 e. The number of nitrogens with zero attached hydrogens (tertiary/aromatic N) is 2. The fraction of sp³-hybridized carbons (Fsp3) is 1.00. The maximum atomic E-state index is 11.7. The summed E-state index contributed by atoms with van der Waals surface area (Å²) in [6, 6.07) is 0. The van der Waals surface area contributed by atoms with Crippen LogP contribution in [0.3, 0.4) is 0 Å². The molecular formula is C8H19N3O3S. The van der Waals surface area contributed by atoms with Gasteiger partial charge in [-0.25, -0.2) is 4.72 Å². The predicted octanol–water partition coefficient (Wildman–Crippen LogP) is -1.29. The van der Waals surface area contributed by atoms with Gasteiger partial charge in [0.15, 0.2) is 0 Å². The van der Waals surface area contributed by atoms with Crippen molar-refractivity contribution in [1.29, 1.82) is 0 Å². The normalized spacial score (nSPS) is 19.7. The molecule has 0 radical (unpaired) electrons. The highest BCUT2D eigenvalue weighted by molar-refractivity contribution is 7.87. The molecule has 0 unspecified atom stereocenters. The number of likely N-dealkylation sites (N-methyl/N-ethyl adjacent to an activating group) is 1. The van der Waals surface area contributed by atoms with Crippen molar-refractivity contribution in [1.82, 2.24) is 13.9 Å². The molecule has 1 rings (SSSR count). The average molecular weight is 237 g/mol. The van der Waals surface area contributed by atoms with E-state index in [1.54, 1.807) is 0 Å². The van der Waals surface area contributed by atoms with Crippen molar-refractivity contribution in [3.05, 3.63) is 0 Å². The molecule has 0 amide bonds. The van der Waals surface area contributed by atoms with Gasteiger partial charge in [-0.1, -0.05) is 0 Å². The standard InChI is InChI=1S/C8H19N3O3S/c1-10(2)4-3-9-15(12,13)11-5-7-14-8-6-11/h9H,3-8H2,1-2H3. The maximum absolute atomic E-state index is 11.7. The summed E-state index contributed by atoms with van der Waals surface area (Å²) in [5, 5.41) is 0. The summed E-state index contributed by atoms with van der Waals surface area (Å²) in [7, 11) is 0.509. The van der Waals surface area contributed by atoms with Crippen molar-refractivity contribution in [2.75, 3.05) is 53.5 Å². The molecule has 0 spiro atoms. The Morgan fingerprint density at radius 3 is 2.47 bits per heavy atom. The number of ether oxygens (including phenoxy) is 1. The van der Waals surface area contributed by atoms with E-state index >= 15 is 0 Å². The van der Waals surface area contributed by atoms with Gasteiger partial charge in [0.2, 0.25) is 0 Å². The molecule has 0 aromatic carbocycles. The highest BCUT2D eigenvalue weighted by Gasteiger charge is 2.23. The molecule has 7 heteroatoms. The minimum atomic E-state index is -3.30. The van der Waals surface area contributed by atoms with Gasteiger partial charge in [-0.15, -0.1) is 0 Å². The molecule has 0 aromatic rings. The van der Waals surface area contributed by atoms with Gasteiger partial charge >= 0.3 is 0 Å². The zero-order chi connectivity index (χ0) is 11.3. The third-order valence-corrected chi connectivity index (χ3v) is 3.77.